The van der Waals surface area contributed by atoms with Crippen LogP contribution in [0.25, 0.3) is 5.52 Å². The number of rotatable bonds is 5. The van der Waals surface area contributed by atoms with E-state index in [9.17, 15) is 0 Å². The molecule has 0 amide bonds. The van der Waals surface area contributed by atoms with Gasteiger partial charge in [-0.25, -0.2) is 9.97 Å². The van der Waals surface area contributed by atoms with Gasteiger partial charge in [0.15, 0.2) is 0 Å². The number of aryl methyl sites for hydroxylation is 1. The van der Waals surface area contributed by atoms with Crippen LogP contribution in [0, 0.1) is 6.92 Å². The highest BCUT2D eigenvalue weighted by atomic mass is 16.5. The summed E-state index contributed by atoms with van der Waals surface area (Å²) in [6, 6.07) is 12.4. The zero-order chi connectivity index (χ0) is 19.8. The fraction of sp³-hybridized carbons (Fsp3) is 0.478. The lowest BCUT2D eigenvalue weighted by atomic mass is 9.79. The normalized spacial score (nSPS) is 27.2. The van der Waals surface area contributed by atoms with E-state index in [0.717, 1.165) is 50.3 Å². The number of methoxy groups -OCH3 is 1. The van der Waals surface area contributed by atoms with Gasteiger partial charge in [0.05, 0.1) is 16.8 Å². The highest BCUT2D eigenvalue weighted by Gasteiger charge is 2.51. The summed E-state index contributed by atoms with van der Waals surface area (Å²) in [5.41, 5.74) is 2.26. The molecule has 29 heavy (non-hydrogen) atoms. The lowest BCUT2D eigenvalue weighted by Crippen LogP contribution is -2.52. The van der Waals surface area contributed by atoms with Gasteiger partial charge in [0, 0.05) is 51.1 Å². The Morgan fingerprint density at radius 1 is 1.17 bits per heavy atom. The van der Waals surface area contributed by atoms with Crippen LogP contribution in [0.15, 0.2) is 48.8 Å². The molecule has 1 saturated carbocycles. The van der Waals surface area contributed by atoms with E-state index in [-0.39, 0.29) is 11.7 Å². The Morgan fingerprint density at radius 3 is 2.90 bits per heavy atom. The second-order valence-electron chi connectivity index (χ2n) is 8.25. The second kappa shape index (κ2) is 7.43. The van der Waals surface area contributed by atoms with Crippen LogP contribution < -0.4 is 4.74 Å². The summed E-state index contributed by atoms with van der Waals surface area (Å²) in [4.78, 5) is 11.8. The molecule has 6 heteroatoms. The molecular weight excluding hydrogens is 364 g/mol. The summed E-state index contributed by atoms with van der Waals surface area (Å²) in [6.45, 7) is 3.93. The smallest absolute Gasteiger partial charge is 0.213 e. The third kappa shape index (κ3) is 3.30. The summed E-state index contributed by atoms with van der Waals surface area (Å²) in [7, 11) is 1.87. The molecule has 0 aromatic carbocycles. The summed E-state index contributed by atoms with van der Waals surface area (Å²) < 4.78 is 14.5. The molecule has 2 aliphatic rings. The van der Waals surface area contributed by atoms with Crippen LogP contribution >= 0.6 is 0 Å². The number of likely N-dealkylation sites (tertiary alicyclic amines) is 1. The Kier molecular flexibility index (Phi) is 4.76. The van der Waals surface area contributed by atoms with Crippen LogP contribution in [0.5, 0.6) is 5.88 Å². The van der Waals surface area contributed by atoms with Crippen LogP contribution in [0.2, 0.25) is 0 Å². The lowest BCUT2D eigenvalue weighted by molar-refractivity contribution is -0.0843. The molecule has 152 valence electrons. The Morgan fingerprint density at radius 2 is 2.07 bits per heavy atom. The minimum atomic E-state index is -0.0748. The van der Waals surface area contributed by atoms with Crippen molar-refractivity contribution in [2.75, 3.05) is 13.7 Å². The molecular formula is C23H28N4O2. The van der Waals surface area contributed by atoms with Crippen molar-refractivity contribution in [3.8, 4) is 5.88 Å². The fourth-order valence-electron chi connectivity index (χ4n) is 5.22. The zero-order valence-electron chi connectivity index (χ0n) is 17.1. The molecule has 2 fully saturated rings. The van der Waals surface area contributed by atoms with Crippen molar-refractivity contribution >= 4 is 5.52 Å². The molecule has 1 aliphatic heterocycles. The van der Waals surface area contributed by atoms with Gasteiger partial charge in [-0.05, 0) is 44.4 Å². The Labute approximate surface area is 171 Å². The van der Waals surface area contributed by atoms with Crippen LogP contribution in [0.4, 0.5) is 0 Å². The predicted molar refractivity (Wildman–Crippen MR) is 111 cm³/mol. The van der Waals surface area contributed by atoms with Crippen molar-refractivity contribution in [3.05, 3.63) is 60.3 Å². The van der Waals surface area contributed by atoms with Crippen molar-refractivity contribution in [2.45, 2.75) is 56.9 Å². The maximum absolute atomic E-state index is 6.21. The average Bonchev–Trinajstić information content (AvgIpc) is 3.28. The van der Waals surface area contributed by atoms with Gasteiger partial charge in [0.25, 0.3) is 0 Å². The lowest BCUT2D eigenvalue weighted by Gasteiger charge is -2.43. The van der Waals surface area contributed by atoms with E-state index in [1.807, 2.05) is 25.3 Å². The number of imidazole rings is 1. The standard InChI is InChI=1S/C23H28N4O2/c1-17-25-19(20-7-4-6-13-27(17)20)16-26-14-11-23(28-2)10-9-18(15-21(23)26)29-22-8-3-5-12-24-22/h3-8,12-13,18,21H,9-11,14-16H2,1-2H3/t18-,21+,23-/m1/s1. The quantitative estimate of drug-likeness (QED) is 0.664. The first-order valence-electron chi connectivity index (χ1n) is 10.5. The van der Waals surface area contributed by atoms with Crippen LogP contribution in [0.3, 0.4) is 0 Å². The van der Waals surface area contributed by atoms with Gasteiger partial charge in [-0.3, -0.25) is 4.90 Å². The van der Waals surface area contributed by atoms with E-state index in [4.69, 9.17) is 14.5 Å². The largest absolute Gasteiger partial charge is 0.474 e. The Hall–Kier alpha value is -2.44. The second-order valence-corrected chi connectivity index (χ2v) is 8.25. The van der Waals surface area contributed by atoms with Crippen LogP contribution in [-0.2, 0) is 11.3 Å². The molecule has 0 spiro atoms. The average molecular weight is 393 g/mol. The zero-order valence-corrected chi connectivity index (χ0v) is 17.1. The first kappa shape index (κ1) is 18.6. The van der Waals surface area contributed by atoms with Gasteiger partial charge in [0.2, 0.25) is 5.88 Å². The first-order valence-corrected chi connectivity index (χ1v) is 10.5. The van der Waals surface area contributed by atoms with E-state index in [1.54, 1.807) is 6.20 Å². The van der Waals surface area contributed by atoms with Crippen molar-refractivity contribution in [2.24, 2.45) is 0 Å². The molecule has 3 aromatic rings. The number of pyridine rings is 2. The van der Waals surface area contributed by atoms with Gasteiger partial charge in [-0.2, -0.15) is 0 Å². The number of fused-ring (bicyclic) bond motifs is 2. The van der Waals surface area contributed by atoms with E-state index >= 15 is 0 Å². The Bertz CT molecular complexity index is 989. The van der Waals surface area contributed by atoms with Gasteiger partial charge >= 0.3 is 0 Å². The highest BCUT2D eigenvalue weighted by molar-refractivity contribution is 5.53. The number of ether oxygens (including phenoxy) is 2. The number of hydrogen-bond donors (Lipinski definition) is 0. The topological polar surface area (TPSA) is 51.9 Å². The van der Waals surface area contributed by atoms with Gasteiger partial charge in [0.1, 0.15) is 11.9 Å². The summed E-state index contributed by atoms with van der Waals surface area (Å²) in [5, 5.41) is 0. The van der Waals surface area contributed by atoms with E-state index in [0.29, 0.717) is 11.9 Å². The molecule has 3 aromatic heterocycles. The van der Waals surface area contributed by atoms with Gasteiger partial charge < -0.3 is 13.9 Å². The third-order valence-electron chi connectivity index (χ3n) is 6.73. The third-order valence-corrected chi connectivity index (χ3v) is 6.73. The first-order chi connectivity index (χ1) is 14.2. The molecule has 1 saturated heterocycles. The monoisotopic (exact) mass is 392 g/mol. The summed E-state index contributed by atoms with van der Waals surface area (Å²) in [6.07, 6.45) is 8.07. The molecule has 3 atom stereocenters. The fourth-order valence-corrected chi connectivity index (χ4v) is 5.22. The molecule has 6 nitrogen and oxygen atoms in total. The number of hydrogen-bond acceptors (Lipinski definition) is 5. The summed E-state index contributed by atoms with van der Waals surface area (Å²) >= 11 is 0. The maximum Gasteiger partial charge on any atom is 0.213 e. The summed E-state index contributed by atoms with van der Waals surface area (Å²) in [5.74, 6) is 1.75. The van der Waals surface area contributed by atoms with Crippen LogP contribution in [-0.4, -0.2) is 50.7 Å². The minimum Gasteiger partial charge on any atom is -0.474 e. The number of nitrogens with zero attached hydrogens (tertiary/aromatic N) is 4. The molecule has 5 rings (SSSR count). The molecule has 0 unspecified atom stereocenters. The molecule has 4 heterocycles. The highest BCUT2D eigenvalue weighted by Crippen LogP contribution is 2.43. The minimum absolute atomic E-state index is 0.0748. The van der Waals surface area contributed by atoms with Crippen LogP contribution in [0.1, 0.15) is 37.2 Å². The van der Waals surface area contributed by atoms with E-state index in [2.05, 4.69) is 45.6 Å². The molecule has 0 N–H and O–H groups in total. The molecule has 0 bridgehead atoms. The predicted octanol–water partition coefficient (Wildman–Crippen LogP) is 3.63. The Balaban J connectivity index is 1.37. The van der Waals surface area contributed by atoms with Crippen molar-refractivity contribution in [1.82, 2.24) is 19.3 Å². The van der Waals surface area contributed by atoms with Gasteiger partial charge in [-0.15, -0.1) is 0 Å². The van der Waals surface area contributed by atoms with Crippen molar-refractivity contribution in [1.29, 1.82) is 0 Å². The molecule has 1 aliphatic carbocycles. The SMILES string of the molecule is CO[C@@]12CC[C@@H](Oc3ccccn3)C[C@@H]1N(Cc1nc(C)n3ccccc13)CC2. The van der Waals surface area contributed by atoms with Crippen molar-refractivity contribution in [3.63, 3.8) is 0 Å². The van der Waals surface area contributed by atoms with Crippen molar-refractivity contribution < 1.29 is 9.47 Å². The number of aromatic nitrogens is 3. The maximum atomic E-state index is 6.21. The van der Waals surface area contributed by atoms with Gasteiger partial charge in [-0.1, -0.05) is 12.1 Å². The van der Waals surface area contributed by atoms with E-state index in [1.165, 1.54) is 5.52 Å². The molecule has 0 radical (unpaired) electrons. The van der Waals surface area contributed by atoms with E-state index < -0.39 is 0 Å².